The lowest BCUT2D eigenvalue weighted by atomic mass is 9.97. The molecule has 0 atom stereocenters. The number of hydrogen-bond acceptors (Lipinski definition) is 4. The number of fused-ring (bicyclic) bond motifs is 1. The molecule has 1 saturated heterocycles. The van der Waals surface area contributed by atoms with Crippen LogP contribution in [0.15, 0.2) is 48.9 Å². The smallest absolute Gasteiger partial charge is 0.147 e. The van der Waals surface area contributed by atoms with E-state index in [1.807, 2.05) is 53.6 Å². The van der Waals surface area contributed by atoms with Crippen LogP contribution in [0.1, 0.15) is 12.8 Å². The van der Waals surface area contributed by atoms with E-state index >= 15 is 0 Å². The van der Waals surface area contributed by atoms with E-state index in [9.17, 15) is 0 Å². The number of hydrogen-bond donors (Lipinski definition) is 0. The third kappa shape index (κ3) is 2.66. The van der Waals surface area contributed by atoms with Gasteiger partial charge in [-0.25, -0.2) is 4.98 Å². The van der Waals surface area contributed by atoms with Crippen LogP contribution in [-0.2, 0) is 6.54 Å². The lowest BCUT2D eigenvalue weighted by Gasteiger charge is -2.32. The molecule has 0 bridgehead atoms. The first-order chi connectivity index (χ1) is 10.9. The van der Waals surface area contributed by atoms with E-state index in [2.05, 4.69) is 15.0 Å². The van der Waals surface area contributed by atoms with Crippen LogP contribution in [0.2, 0.25) is 0 Å². The number of benzene rings is 1. The Morgan fingerprint density at radius 2 is 1.86 bits per heavy atom. The van der Waals surface area contributed by atoms with Crippen molar-refractivity contribution in [3.05, 3.63) is 48.9 Å². The predicted molar refractivity (Wildman–Crippen MR) is 86.7 cm³/mol. The summed E-state index contributed by atoms with van der Waals surface area (Å²) in [5, 5.41) is 4.30. The molecule has 5 heteroatoms. The molecule has 112 valence electrons. The summed E-state index contributed by atoms with van der Waals surface area (Å²) in [5.74, 6) is 1.70. The van der Waals surface area contributed by atoms with Crippen LogP contribution in [0, 0.1) is 5.92 Å². The molecule has 0 spiro atoms. The Balaban J connectivity index is 1.43. The number of para-hydroxylation sites is 2. The van der Waals surface area contributed by atoms with Gasteiger partial charge >= 0.3 is 0 Å². The summed E-state index contributed by atoms with van der Waals surface area (Å²) in [5.41, 5.74) is 1.93. The van der Waals surface area contributed by atoms with E-state index in [1.165, 1.54) is 12.8 Å². The van der Waals surface area contributed by atoms with E-state index < -0.39 is 0 Å². The Morgan fingerprint density at radius 3 is 2.64 bits per heavy atom. The first-order valence-corrected chi connectivity index (χ1v) is 7.83. The highest BCUT2D eigenvalue weighted by atomic mass is 15.3. The summed E-state index contributed by atoms with van der Waals surface area (Å²) in [6.45, 7) is 3.10. The Labute approximate surface area is 129 Å². The Kier molecular flexibility index (Phi) is 3.46. The zero-order valence-corrected chi connectivity index (χ0v) is 12.5. The molecular formula is C17H19N5. The SMILES string of the molecule is c1ccc2nc(N3CCC(Cn4cccn4)CC3)cnc2c1. The molecule has 1 aromatic carbocycles. The van der Waals surface area contributed by atoms with Crippen molar-refractivity contribution in [2.45, 2.75) is 19.4 Å². The second-order valence-corrected chi connectivity index (χ2v) is 5.88. The number of aromatic nitrogens is 4. The average molecular weight is 293 g/mol. The van der Waals surface area contributed by atoms with Crippen molar-refractivity contribution in [2.75, 3.05) is 18.0 Å². The zero-order valence-electron chi connectivity index (χ0n) is 12.5. The molecule has 0 unspecified atom stereocenters. The van der Waals surface area contributed by atoms with E-state index in [4.69, 9.17) is 4.98 Å². The minimum Gasteiger partial charge on any atom is -0.355 e. The van der Waals surface area contributed by atoms with Crippen LogP contribution in [-0.4, -0.2) is 32.8 Å². The molecule has 1 aliphatic rings. The summed E-state index contributed by atoms with van der Waals surface area (Å²) >= 11 is 0. The maximum Gasteiger partial charge on any atom is 0.147 e. The van der Waals surface area contributed by atoms with Gasteiger partial charge in [-0.3, -0.25) is 9.67 Å². The van der Waals surface area contributed by atoms with E-state index in [1.54, 1.807) is 0 Å². The van der Waals surface area contributed by atoms with Crippen molar-refractivity contribution in [2.24, 2.45) is 5.92 Å². The van der Waals surface area contributed by atoms with E-state index in [0.29, 0.717) is 5.92 Å². The van der Waals surface area contributed by atoms with Crippen molar-refractivity contribution in [3.63, 3.8) is 0 Å². The topological polar surface area (TPSA) is 46.8 Å². The van der Waals surface area contributed by atoms with Crippen molar-refractivity contribution >= 4 is 16.9 Å². The second kappa shape index (κ2) is 5.75. The van der Waals surface area contributed by atoms with Gasteiger partial charge in [0, 0.05) is 32.0 Å². The highest BCUT2D eigenvalue weighted by Crippen LogP contribution is 2.23. The largest absolute Gasteiger partial charge is 0.355 e. The second-order valence-electron chi connectivity index (χ2n) is 5.88. The molecule has 2 aromatic heterocycles. The van der Waals surface area contributed by atoms with Crippen LogP contribution in [0.25, 0.3) is 11.0 Å². The minimum atomic E-state index is 0.699. The standard InChI is InChI=1S/C17H19N5/c1-2-5-16-15(4-1)18-12-17(20-16)21-10-6-14(7-11-21)13-22-9-3-8-19-22/h1-5,8-9,12,14H,6-7,10-11,13H2. The van der Waals surface area contributed by atoms with Gasteiger partial charge < -0.3 is 4.90 Å². The van der Waals surface area contributed by atoms with Crippen molar-refractivity contribution in [1.82, 2.24) is 19.7 Å². The summed E-state index contributed by atoms with van der Waals surface area (Å²) in [6, 6.07) is 10.0. The number of rotatable bonds is 3. The lowest BCUT2D eigenvalue weighted by Crippen LogP contribution is -2.35. The molecule has 3 aromatic rings. The fourth-order valence-corrected chi connectivity index (χ4v) is 3.12. The van der Waals surface area contributed by atoms with E-state index in [-0.39, 0.29) is 0 Å². The molecule has 5 nitrogen and oxygen atoms in total. The maximum absolute atomic E-state index is 4.75. The van der Waals surface area contributed by atoms with Crippen LogP contribution in [0.5, 0.6) is 0 Å². The van der Waals surface area contributed by atoms with Gasteiger partial charge in [0.1, 0.15) is 5.82 Å². The van der Waals surface area contributed by atoms with Crippen molar-refractivity contribution < 1.29 is 0 Å². The van der Waals surface area contributed by atoms with E-state index in [0.717, 1.165) is 36.5 Å². The van der Waals surface area contributed by atoms with Gasteiger partial charge in [0.05, 0.1) is 17.2 Å². The Bertz CT molecular complexity index is 745. The number of nitrogens with zero attached hydrogens (tertiary/aromatic N) is 5. The van der Waals surface area contributed by atoms with Crippen LogP contribution >= 0.6 is 0 Å². The average Bonchev–Trinajstić information content (AvgIpc) is 3.08. The first-order valence-electron chi connectivity index (χ1n) is 7.83. The molecule has 0 saturated carbocycles. The molecule has 1 fully saturated rings. The summed E-state index contributed by atoms with van der Waals surface area (Å²) in [7, 11) is 0. The van der Waals surface area contributed by atoms with Gasteiger partial charge in [-0.2, -0.15) is 5.10 Å². The summed E-state index contributed by atoms with van der Waals surface area (Å²) in [4.78, 5) is 11.6. The molecular weight excluding hydrogens is 274 g/mol. The predicted octanol–water partition coefficient (Wildman–Crippen LogP) is 2.74. The highest BCUT2D eigenvalue weighted by Gasteiger charge is 2.21. The third-order valence-electron chi connectivity index (χ3n) is 4.38. The van der Waals surface area contributed by atoms with Crippen LogP contribution in [0.4, 0.5) is 5.82 Å². The summed E-state index contributed by atoms with van der Waals surface area (Å²) in [6.07, 6.45) is 8.14. The highest BCUT2D eigenvalue weighted by molar-refractivity contribution is 5.75. The summed E-state index contributed by atoms with van der Waals surface area (Å²) < 4.78 is 2.04. The van der Waals surface area contributed by atoms with Gasteiger partial charge in [0.25, 0.3) is 0 Å². The molecule has 0 amide bonds. The Hall–Kier alpha value is -2.43. The number of anilines is 1. The van der Waals surface area contributed by atoms with Gasteiger partial charge in [-0.05, 0) is 37.0 Å². The molecule has 0 N–H and O–H groups in total. The fraction of sp³-hybridized carbons (Fsp3) is 0.353. The van der Waals surface area contributed by atoms with Crippen molar-refractivity contribution in [3.8, 4) is 0 Å². The van der Waals surface area contributed by atoms with Gasteiger partial charge in [0.15, 0.2) is 0 Å². The maximum atomic E-state index is 4.75. The molecule has 4 rings (SSSR count). The van der Waals surface area contributed by atoms with Gasteiger partial charge in [0.2, 0.25) is 0 Å². The molecule has 0 aliphatic carbocycles. The first kappa shape index (κ1) is 13.2. The molecule has 0 radical (unpaired) electrons. The monoisotopic (exact) mass is 293 g/mol. The number of piperidine rings is 1. The molecule has 22 heavy (non-hydrogen) atoms. The minimum absolute atomic E-state index is 0.699. The van der Waals surface area contributed by atoms with Gasteiger partial charge in [-0.1, -0.05) is 12.1 Å². The van der Waals surface area contributed by atoms with Crippen LogP contribution < -0.4 is 4.90 Å². The fourth-order valence-electron chi connectivity index (χ4n) is 3.12. The van der Waals surface area contributed by atoms with Crippen LogP contribution in [0.3, 0.4) is 0 Å². The third-order valence-corrected chi connectivity index (χ3v) is 4.38. The normalized spacial score (nSPS) is 16.3. The lowest BCUT2D eigenvalue weighted by molar-refractivity contribution is 0.341. The van der Waals surface area contributed by atoms with Gasteiger partial charge in [-0.15, -0.1) is 0 Å². The van der Waals surface area contributed by atoms with Crippen molar-refractivity contribution in [1.29, 1.82) is 0 Å². The quantitative estimate of drug-likeness (QED) is 0.745. The zero-order chi connectivity index (χ0) is 14.8. The Morgan fingerprint density at radius 1 is 1.05 bits per heavy atom. The molecule has 1 aliphatic heterocycles. The molecule has 3 heterocycles.